The molecule has 1 aromatic carbocycles. The van der Waals surface area contributed by atoms with Crippen LogP contribution in [-0.4, -0.2) is 37.3 Å². The van der Waals surface area contributed by atoms with Gasteiger partial charge in [-0.25, -0.2) is 10.3 Å². The summed E-state index contributed by atoms with van der Waals surface area (Å²) in [5.41, 5.74) is 3.47. The van der Waals surface area contributed by atoms with Crippen LogP contribution < -0.4 is 10.8 Å². The van der Waals surface area contributed by atoms with Crippen LogP contribution in [0.4, 0.5) is 0 Å². The van der Waals surface area contributed by atoms with E-state index in [1.54, 1.807) is 0 Å². The Hall–Kier alpha value is -1.43. The minimum Gasteiger partial charge on any atom is -0.458 e. The second kappa shape index (κ2) is 6.82. The van der Waals surface area contributed by atoms with Gasteiger partial charge in [-0.1, -0.05) is 30.3 Å². The first-order valence-corrected chi connectivity index (χ1v) is 8.77. The molecule has 0 amide bonds. The highest BCUT2D eigenvalue weighted by Crippen LogP contribution is 2.43. The van der Waals surface area contributed by atoms with E-state index in [9.17, 15) is 4.79 Å². The van der Waals surface area contributed by atoms with Gasteiger partial charge in [-0.15, -0.1) is 0 Å². The van der Waals surface area contributed by atoms with E-state index in [4.69, 9.17) is 9.57 Å². The van der Waals surface area contributed by atoms with Crippen molar-refractivity contribution in [2.45, 2.75) is 51.2 Å². The first kappa shape index (κ1) is 17.4. The van der Waals surface area contributed by atoms with Crippen molar-refractivity contribution in [2.24, 2.45) is 5.41 Å². The Morgan fingerprint density at radius 3 is 2.75 bits per heavy atom. The lowest BCUT2D eigenvalue weighted by Crippen LogP contribution is -2.59. The number of carbonyl (C=O) groups excluding carboxylic acids is 1. The minimum atomic E-state index is -0.579. The molecule has 3 atom stereocenters. The number of esters is 1. The highest BCUT2D eigenvalue weighted by Gasteiger charge is 2.50. The third kappa shape index (κ3) is 3.79. The normalized spacial score (nSPS) is 31.0. The molecule has 0 bridgehead atoms. The van der Waals surface area contributed by atoms with Gasteiger partial charge in [0.25, 0.3) is 0 Å². The molecule has 24 heavy (non-hydrogen) atoms. The SMILES string of the molecule is CC(C)(C)OC(=O)C1ONCCC12CNCC(c1ccccc1)C2. The number of nitrogens with one attached hydrogen (secondary N) is 2. The van der Waals surface area contributed by atoms with E-state index >= 15 is 0 Å². The van der Waals surface area contributed by atoms with Crippen molar-refractivity contribution >= 4 is 5.97 Å². The van der Waals surface area contributed by atoms with Crippen LogP contribution in [0, 0.1) is 5.41 Å². The van der Waals surface area contributed by atoms with Crippen molar-refractivity contribution in [3.05, 3.63) is 35.9 Å². The van der Waals surface area contributed by atoms with E-state index in [0.29, 0.717) is 5.92 Å². The van der Waals surface area contributed by atoms with Crippen LogP contribution >= 0.6 is 0 Å². The van der Waals surface area contributed by atoms with Gasteiger partial charge in [0.15, 0.2) is 6.10 Å². The number of hydroxylamine groups is 1. The standard InChI is InChI=1S/C19H28N2O3/c1-18(2,3)23-17(22)16-19(9-10-21-24-16)11-15(12-20-13-19)14-7-5-4-6-8-14/h4-8,15-16,20-21H,9-13H2,1-3H3. The summed E-state index contributed by atoms with van der Waals surface area (Å²) in [5, 5.41) is 3.53. The number of hydrogen-bond acceptors (Lipinski definition) is 5. The van der Waals surface area contributed by atoms with Crippen molar-refractivity contribution in [1.29, 1.82) is 0 Å². The summed E-state index contributed by atoms with van der Waals surface area (Å²) < 4.78 is 5.61. The molecule has 3 unspecified atom stereocenters. The Morgan fingerprint density at radius 2 is 2.04 bits per heavy atom. The summed E-state index contributed by atoms with van der Waals surface area (Å²) in [6.45, 7) is 8.13. The zero-order valence-electron chi connectivity index (χ0n) is 14.8. The number of ether oxygens (including phenoxy) is 1. The van der Waals surface area contributed by atoms with Crippen LogP contribution in [-0.2, 0) is 14.4 Å². The molecule has 0 aromatic heterocycles. The van der Waals surface area contributed by atoms with Gasteiger partial charge in [0, 0.05) is 25.0 Å². The first-order chi connectivity index (χ1) is 11.4. The highest BCUT2D eigenvalue weighted by atomic mass is 16.7. The van der Waals surface area contributed by atoms with Gasteiger partial charge in [0.05, 0.1) is 0 Å². The van der Waals surface area contributed by atoms with Crippen LogP contribution in [0.25, 0.3) is 0 Å². The smallest absolute Gasteiger partial charge is 0.338 e. The average molecular weight is 332 g/mol. The molecule has 1 spiro atoms. The number of benzene rings is 1. The van der Waals surface area contributed by atoms with Gasteiger partial charge in [0.2, 0.25) is 0 Å². The molecule has 2 N–H and O–H groups in total. The molecule has 2 heterocycles. The summed E-state index contributed by atoms with van der Waals surface area (Å²) >= 11 is 0. The fourth-order valence-corrected chi connectivity index (χ4v) is 3.83. The van der Waals surface area contributed by atoms with Crippen LogP contribution in [0.5, 0.6) is 0 Å². The maximum Gasteiger partial charge on any atom is 0.338 e. The molecule has 2 saturated heterocycles. The Labute approximate surface area is 144 Å². The Bertz CT molecular complexity index is 566. The summed E-state index contributed by atoms with van der Waals surface area (Å²) in [6.07, 6.45) is 1.24. The molecular weight excluding hydrogens is 304 g/mol. The maximum absolute atomic E-state index is 12.7. The quantitative estimate of drug-likeness (QED) is 0.815. The highest BCUT2D eigenvalue weighted by molar-refractivity contribution is 5.76. The van der Waals surface area contributed by atoms with Crippen molar-refractivity contribution in [3.63, 3.8) is 0 Å². The van der Waals surface area contributed by atoms with Gasteiger partial charge in [-0.2, -0.15) is 0 Å². The second-order valence-corrected chi connectivity index (χ2v) is 7.98. The van der Waals surface area contributed by atoms with Crippen molar-refractivity contribution in [3.8, 4) is 0 Å². The Balaban J connectivity index is 1.81. The van der Waals surface area contributed by atoms with Gasteiger partial charge in [0.1, 0.15) is 5.60 Å². The molecule has 2 fully saturated rings. The fourth-order valence-electron chi connectivity index (χ4n) is 3.83. The van der Waals surface area contributed by atoms with Crippen molar-refractivity contribution in [1.82, 2.24) is 10.8 Å². The molecular formula is C19H28N2O3. The van der Waals surface area contributed by atoms with Crippen LogP contribution in [0.15, 0.2) is 30.3 Å². The summed E-state index contributed by atoms with van der Waals surface area (Å²) in [7, 11) is 0. The second-order valence-electron chi connectivity index (χ2n) is 7.98. The number of carbonyl (C=O) groups is 1. The summed E-state index contributed by atoms with van der Waals surface area (Å²) in [4.78, 5) is 18.4. The largest absolute Gasteiger partial charge is 0.458 e. The van der Waals surface area contributed by atoms with Crippen molar-refractivity contribution < 1.29 is 14.4 Å². The Morgan fingerprint density at radius 1 is 1.29 bits per heavy atom. The van der Waals surface area contributed by atoms with Gasteiger partial charge < -0.3 is 10.1 Å². The lowest BCUT2D eigenvalue weighted by atomic mass is 9.68. The molecule has 0 saturated carbocycles. The van der Waals surface area contributed by atoms with E-state index in [1.165, 1.54) is 5.56 Å². The van der Waals surface area contributed by atoms with Crippen LogP contribution in [0.1, 0.15) is 45.1 Å². The topological polar surface area (TPSA) is 59.6 Å². The van der Waals surface area contributed by atoms with Gasteiger partial charge in [-0.05, 0) is 45.1 Å². The summed E-state index contributed by atoms with van der Waals surface area (Å²) in [5.74, 6) is 0.108. The molecule has 5 heteroatoms. The van der Waals surface area contributed by atoms with E-state index in [1.807, 2.05) is 26.8 Å². The molecule has 2 aliphatic heterocycles. The van der Waals surface area contributed by atoms with Gasteiger partial charge >= 0.3 is 5.97 Å². The number of hydrogen-bond donors (Lipinski definition) is 2. The number of rotatable bonds is 2. The zero-order valence-corrected chi connectivity index (χ0v) is 14.8. The lowest BCUT2D eigenvalue weighted by molar-refractivity contribution is -0.199. The Kier molecular flexibility index (Phi) is 4.95. The van der Waals surface area contributed by atoms with E-state index in [-0.39, 0.29) is 11.4 Å². The average Bonchev–Trinajstić information content (AvgIpc) is 2.54. The predicted molar refractivity (Wildman–Crippen MR) is 92.4 cm³/mol. The predicted octanol–water partition coefficient (Wildman–Crippen LogP) is 2.39. The third-order valence-corrected chi connectivity index (χ3v) is 4.89. The molecule has 1 aromatic rings. The molecule has 2 aliphatic rings. The molecule has 0 radical (unpaired) electrons. The maximum atomic E-state index is 12.7. The van der Waals surface area contributed by atoms with Crippen LogP contribution in [0.3, 0.4) is 0 Å². The van der Waals surface area contributed by atoms with Crippen molar-refractivity contribution in [2.75, 3.05) is 19.6 Å². The molecule has 3 rings (SSSR count). The molecule has 132 valence electrons. The summed E-state index contributed by atoms with van der Waals surface area (Å²) in [6, 6.07) is 10.5. The minimum absolute atomic E-state index is 0.230. The fraction of sp³-hybridized carbons (Fsp3) is 0.632. The van der Waals surface area contributed by atoms with E-state index < -0.39 is 11.7 Å². The molecule has 5 nitrogen and oxygen atoms in total. The monoisotopic (exact) mass is 332 g/mol. The van der Waals surface area contributed by atoms with E-state index in [0.717, 1.165) is 32.5 Å². The zero-order chi connectivity index (χ0) is 17.2. The van der Waals surface area contributed by atoms with Gasteiger partial charge in [-0.3, -0.25) is 4.84 Å². The third-order valence-electron chi connectivity index (χ3n) is 4.89. The lowest BCUT2D eigenvalue weighted by Gasteiger charge is -2.47. The van der Waals surface area contributed by atoms with Crippen LogP contribution in [0.2, 0.25) is 0 Å². The molecule has 0 aliphatic carbocycles. The first-order valence-electron chi connectivity index (χ1n) is 8.77. The number of piperidine rings is 1. The van der Waals surface area contributed by atoms with E-state index in [2.05, 4.69) is 35.1 Å².